The number of hydrogen-bond acceptors (Lipinski definition) is 10. The molecule has 0 fully saturated rings. The topological polar surface area (TPSA) is 29.2 Å². The van der Waals surface area contributed by atoms with Gasteiger partial charge in [-0.25, -0.2) is 0 Å². The van der Waals surface area contributed by atoms with Crippen LogP contribution >= 0.6 is 11.8 Å². The van der Waals surface area contributed by atoms with Crippen LogP contribution in [0, 0.1) is 0 Å². The Hall–Kier alpha value is -3.01. The number of benzene rings is 2. The van der Waals surface area contributed by atoms with Crippen LogP contribution < -0.4 is 44.1 Å². The van der Waals surface area contributed by atoms with Gasteiger partial charge in [-0.2, -0.15) is 0 Å². The molecule has 1 aliphatic rings. The van der Waals surface area contributed by atoms with Crippen molar-refractivity contribution in [3.05, 3.63) is 0 Å². The van der Waals surface area contributed by atoms with Crippen molar-refractivity contribution in [2.75, 3.05) is 164 Å². The van der Waals surface area contributed by atoms with Gasteiger partial charge in [0.15, 0.2) is 0 Å². The Morgan fingerprint density at radius 2 is 0.538 bits per heavy atom. The van der Waals surface area contributed by atoms with E-state index in [0.717, 1.165) is 0 Å². The lowest BCUT2D eigenvalue weighted by Gasteiger charge is -2.44. The molecule has 0 saturated carbocycles. The summed E-state index contributed by atoms with van der Waals surface area (Å²) in [5.74, 6) is 0. The molecule has 0 N–H and O–H groups in total. The molecule has 0 radical (unpaired) electrons. The SMILES string of the molecule is CN(C)c1c2c(c(N(C)C)c(N(C)C)c1N(C)C)N(C)c1c(c(N(C)C)c(N(C)C)c(N(C)C)c1N(C)C)S2. The van der Waals surface area contributed by atoms with Crippen LogP contribution in [0.5, 0.6) is 0 Å². The highest BCUT2D eigenvalue weighted by molar-refractivity contribution is 8.00. The Kier molecular flexibility index (Phi) is 8.51. The molecule has 3 rings (SSSR count). The Bertz CT molecular complexity index is 1140. The second-order valence-electron chi connectivity index (χ2n) is 12.0. The fraction of sp³-hybridized carbons (Fsp3) is 0.586. The molecule has 39 heavy (non-hydrogen) atoms. The van der Waals surface area contributed by atoms with Gasteiger partial charge < -0.3 is 44.1 Å². The van der Waals surface area contributed by atoms with Crippen molar-refractivity contribution >= 4 is 68.6 Å². The molecule has 2 aromatic carbocycles. The number of anilines is 10. The van der Waals surface area contributed by atoms with Crippen LogP contribution in [0.2, 0.25) is 0 Å². The van der Waals surface area contributed by atoms with Crippen molar-refractivity contribution in [2.45, 2.75) is 9.79 Å². The second-order valence-corrected chi connectivity index (χ2v) is 13.0. The fourth-order valence-corrected chi connectivity index (χ4v) is 7.34. The maximum atomic E-state index is 2.44. The molecular formula is C29H51N9S. The third kappa shape index (κ3) is 4.81. The summed E-state index contributed by atoms with van der Waals surface area (Å²) < 4.78 is 0. The smallest absolute Gasteiger partial charge is 0.0880 e. The standard InChI is InChI=1S/C29H51N9S/c1-30(2)18-20(32(5)6)24(36(13)14)28-26(22(18)34(9)10)38(17)27-23(35(11)12)19(31(3)4)21(33(7)8)25(37(15)16)29(27)39-28/h1-17H3. The summed E-state index contributed by atoms with van der Waals surface area (Å²) in [4.78, 5) is 23.1. The van der Waals surface area contributed by atoms with E-state index >= 15 is 0 Å². The van der Waals surface area contributed by atoms with Gasteiger partial charge in [-0.05, 0) is 0 Å². The van der Waals surface area contributed by atoms with Gasteiger partial charge >= 0.3 is 0 Å². The number of nitrogens with zero attached hydrogens (tertiary/aromatic N) is 9. The van der Waals surface area contributed by atoms with Gasteiger partial charge in [0.25, 0.3) is 0 Å². The van der Waals surface area contributed by atoms with Crippen molar-refractivity contribution in [2.24, 2.45) is 0 Å². The van der Waals surface area contributed by atoms with Gasteiger partial charge in [0.1, 0.15) is 0 Å². The van der Waals surface area contributed by atoms with Crippen molar-refractivity contribution in [3.63, 3.8) is 0 Å². The van der Waals surface area contributed by atoms with Crippen LogP contribution in [0.4, 0.5) is 56.9 Å². The molecule has 0 spiro atoms. The molecule has 0 bridgehead atoms. The average Bonchev–Trinajstić information content (AvgIpc) is 2.79. The average molecular weight is 558 g/mol. The van der Waals surface area contributed by atoms with E-state index in [0.29, 0.717) is 0 Å². The molecule has 0 aliphatic carbocycles. The Morgan fingerprint density at radius 1 is 0.333 bits per heavy atom. The number of rotatable bonds is 8. The minimum Gasteiger partial charge on any atom is -0.375 e. The largest absolute Gasteiger partial charge is 0.375 e. The lowest BCUT2D eigenvalue weighted by molar-refractivity contribution is 0.968. The molecule has 0 unspecified atom stereocenters. The van der Waals surface area contributed by atoms with E-state index in [1.54, 1.807) is 0 Å². The molecule has 0 amide bonds. The summed E-state index contributed by atoms with van der Waals surface area (Å²) in [6.45, 7) is 0. The van der Waals surface area contributed by atoms with E-state index in [1.807, 2.05) is 11.8 Å². The normalized spacial score (nSPS) is 12.1. The van der Waals surface area contributed by atoms with Crippen LogP contribution in [0.25, 0.3) is 0 Å². The van der Waals surface area contributed by atoms with Crippen molar-refractivity contribution in [3.8, 4) is 0 Å². The maximum Gasteiger partial charge on any atom is 0.0880 e. The van der Waals surface area contributed by atoms with Crippen molar-refractivity contribution in [1.29, 1.82) is 0 Å². The van der Waals surface area contributed by atoms with E-state index in [2.05, 4.69) is 164 Å². The predicted octanol–water partition coefficient (Wildman–Crippen LogP) is 4.45. The molecule has 0 saturated heterocycles. The van der Waals surface area contributed by atoms with E-state index in [1.165, 1.54) is 66.7 Å². The van der Waals surface area contributed by atoms with Gasteiger partial charge in [-0.3, -0.25) is 0 Å². The molecule has 1 aliphatic heterocycles. The fourth-order valence-electron chi connectivity index (χ4n) is 5.73. The Balaban J connectivity index is 2.70. The van der Waals surface area contributed by atoms with Crippen molar-refractivity contribution in [1.82, 2.24) is 0 Å². The number of fused-ring (bicyclic) bond motifs is 2. The van der Waals surface area contributed by atoms with Gasteiger partial charge in [-0.15, -0.1) is 0 Å². The zero-order chi connectivity index (χ0) is 29.8. The summed E-state index contributed by atoms with van der Waals surface area (Å²) in [6.07, 6.45) is 0. The van der Waals surface area contributed by atoms with E-state index in [4.69, 9.17) is 0 Å². The summed E-state index contributed by atoms with van der Waals surface area (Å²) in [7, 11) is 36.7. The minimum atomic E-state index is 1.21. The van der Waals surface area contributed by atoms with Gasteiger partial charge in [0, 0.05) is 120 Å². The Morgan fingerprint density at radius 3 is 0.744 bits per heavy atom. The van der Waals surface area contributed by atoms with Crippen LogP contribution in [0.1, 0.15) is 0 Å². The molecule has 2 aromatic rings. The quantitative estimate of drug-likeness (QED) is 0.464. The van der Waals surface area contributed by atoms with E-state index in [-0.39, 0.29) is 0 Å². The van der Waals surface area contributed by atoms with Crippen LogP contribution in [-0.4, -0.2) is 120 Å². The van der Waals surface area contributed by atoms with Crippen LogP contribution in [0.3, 0.4) is 0 Å². The molecule has 218 valence electrons. The highest BCUT2D eigenvalue weighted by Crippen LogP contribution is 2.66. The zero-order valence-electron chi connectivity index (χ0n) is 27.4. The van der Waals surface area contributed by atoms with Gasteiger partial charge in [-0.1, -0.05) is 11.8 Å². The summed E-state index contributed by atoms with van der Waals surface area (Å²) >= 11 is 1.89. The van der Waals surface area contributed by atoms with Crippen LogP contribution in [0.15, 0.2) is 9.79 Å². The first kappa shape index (κ1) is 30.5. The molecule has 0 atom stereocenters. The predicted molar refractivity (Wildman–Crippen MR) is 180 cm³/mol. The highest BCUT2D eigenvalue weighted by Gasteiger charge is 2.39. The minimum absolute atomic E-state index is 1.21. The van der Waals surface area contributed by atoms with Gasteiger partial charge in [0.2, 0.25) is 0 Å². The molecule has 9 nitrogen and oxygen atoms in total. The zero-order valence-corrected chi connectivity index (χ0v) is 28.2. The number of hydrogen-bond donors (Lipinski definition) is 0. The first-order chi connectivity index (χ1) is 18.0. The maximum absolute atomic E-state index is 2.44. The van der Waals surface area contributed by atoms with Gasteiger partial charge in [0.05, 0.1) is 66.7 Å². The van der Waals surface area contributed by atoms with Crippen molar-refractivity contribution < 1.29 is 0 Å². The first-order valence-electron chi connectivity index (χ1n) is 13.2. The van der Waals surface area contributed by atoms with Crippen LogP contribution in [-0.2, 0) is 0 Å². The summed E-state index contributed by atoms with van der Waals surface area (Å²) in [5, 5.41) is 0. The third-order valence-electron chi connectivity index (χ3n) is 7.11. The first-order valence-corrected chi connectivity index (χ1v) is 14.1. The Labute approximate surface area is 242 Å². The molecule has 0 aromatic heterocycles. The lowest BCUT2D eigenvalue weighted by atomic mass is 10.0. The second kappa shape index (κ2) is 10.9. The highest BCUT2D eigenvalue weighted by atomic mass is 32.2. The molecule has 10 heteroatoms. The molecular weight excluding hydrogens is 506 g/mol. The summed E-state index contributed by atoms with van der Waals surface area (Å²) in [5.41, 5.74) is 12.2. The van der Waals surface area contributed by atoms with E-state index in [9.17, 15) is 0 Å². The van der Waals surface area contributed by atoms with E-state index < -0.39 is 0 Å². The molecule has 1 heterocycles. The lowest BCUT2D eigenvalue weighted by Crippen LogP contribution is -2.31. The third-order valence-corrected chi connectivity index (χ3v) is 8.29. The summed E-state index contributed by atoms with van der Waals surface area (Å²) in [6, 6.07) is 0. The monoisotopic (exact) mass is 557 g/mol.